The molecule has 0 saturated heterocycles. The second-order valence-corrected chi connectivity index (χ2v) is 6.22. The lowest BCUT2D eigenvalue weighted by molar-refractivity contribution is 0.880. The number of amidine groups is 1. The first-order chi connectivity index (χ1) is 10.6. The number of benzene rings is 2. The number of rotatable bonds is 2. The Morgan fingerprint density at radius 2 is 1.91 bits per heavy atom. The van der Waals surface area contributed by atoms with Gasteiger partial charge in [-0.05, 0) is 73.2 Å². The van der Waals surface area contributed by atoms with Crippen molar-refractivity contribution in [2.75, 3.05) is 6.54 Å². The molecule has 2 aromatic rings. The largest absolute Gasteiger partial charge is 0.369 e. The lowest BCUT2D eigenvalue weighted by atomic mass is 9.97. The Morgan fingerprint density at radius 1 is 1.18 bits per heavy atom. The Balaban J connectivity index is 2.09. The van der Waals surface area contributed by atoms with Crippen LogP contribution < -0.4 is 5.32 Å². The van der Waals surface area contributed by atoms with Crippen molar-refractivity contribution in [2.24, 2.45) is 4.99 Å². The Labute approximate surface area is 137 Å². The number of hydrogen-bond donors (Lipinski definition) is 1. The van der Waals surface area contributed by atoms with Gasteiger partial charge >= 0.3 is 0 Å². The maximum Gasteiger partial charge on any atom is 0.133 e. The van der Waals surface area contributed by atoms with E-state index in [1.165, 1.54) is 16.7 Å². The van der Waals surface area contributed by atoms with E-state index < -0.39 is 0 Å². The van der Waals surface area contributed by atoms with Gasteiger partial charge in [0.25, 0.3) is 0 Å². The lowest BCUT2D eigenvalue weighted by Crippen LogP contribution is -2.25. The normalized spacial score (nSPS) is 13.9. The molecule has 2 nitrogen and oxygen atoms in total. The number of aliphatic imine (C=N–C) groups is 1. The van der Waals surface area contributed by atoms with Gasteiger partial charge in [-0.2, -0.15) is 0 Å². The zero-order valence-corrected chi connectivity index (χ0v) is 14.1. The lowest BCUT2D eigenvalue weighted by Gasteiger charge is -2.13. The molecule has 3 rings (SSSR count). The van der Waals surface area contributed by atoms with Gasteiger partial charge in [0, 0.05) is 17.1 Å². The molecule has 1 heterocycles. The molecule has 0 aliphatic carbocycles. The molecular weight excluding hydrogens is 292 g/mol. The molecule has 0 saturated carbocycles. The Kier molecular flexibility index (Phi) is 4.21. The van der Waals surface area contributed by atoms with E-state index in [9.17, 15) is 0 Å². The minimum atomic E-state index is 0.804. The van der Waals surface area contributed by atoms with Crippen molar-refractivity contribution in [3.05, 3.63) is 63.2 Å². The number of hydrogen-bond acceptors (Lipinski definition) is 2. The summed E-state index contributed by atoms with van der Waals surface area (Å²) < 4.78 is 0. The van der Waals surface area contributed by atoms with E-state index in [1.54, 1.807) is 0 Å². The van der Waals surface area contributed by atoms with Crippen molar-refractivity contribution in [3.8, 4) is 0 Å². The van der Waals surface area contributed by atoms with Gasteiger partial charge in [0.2, 0.25) is 0 Å². The van der Waals surface area contributed by atoms with Gasteiger partial charge in [-0.15, -0.1) is 0 Å². The van der Waals surface area contributed by atoms with Crippen LogP contribution in [0, 0.1) is 13.8 Å². The minimum Gasteiger partial charge on any atom is -0.369 e. The van der Waals surface area contributed by atoms with Gasteiger partial charge in [-0.25, -0.2) is 4.99 Å². The summed E-state index contributed by atoms with van der Waals surface area (Å²) in [5.74, 6) is 0.940. The Hall–Kier alpha value is -1.80. The summed E-state index contributed by atoms with van der Waals surface area (Å²) in [6, 6.07) is 10.4. The fourth-order valence-corrected chi connectivity index (χ4v) is 3.48. The van der Waals surface area contributed by atoms with E-state index in [0.29, 0.717) is 0 Å². The summed E-state index contributed by atoms with van der Waals surface area (Å²) in [7, 11) is 0. The molecule has 0 aromatic heterocycles. The van der Waals surface area contributed by atoms with E-state index in [-0.39, 0.29) is 0 Å². The summed E-state index contributed by atoms with van der Waals surface area (Å²) in [6.07, 6.45) is 1.96. The predicted molar refractivity (Wildman–Crippen MR) is 94.6 cm³/mol. The smallest absolute Gasteiger partial charge is 0.133 e. The Morgan fingerprint density at radius 3 is 2.59 bits per heavy atom. The first kappa shape index (κ1) is 15.1. The average molecular weight is 313 g/mol. The molecule has 0 atom stereocenters. The minimum absolute atomic E-state index is 0.804. The molecule has 1 N–H and O–H groups in total. The van der Waals surface area contributed by atoms with E-state index in [2.05, 4.69) is 38.2 Å². The van der Waals surface area contributed by atoms with E-state index in [1.807, 2.05) is 18.2 Å². The molecule has 0 bridgehead atoms. The molecule has 0 radical (unpaired) electrons. The monoisotopic (exact) mass is 312 g/mol. The van der Waals surface area contributed by atoms with Crippen molar-refractivity contribution in [1.82, 2.24) is 5.32 Å². The number of nitrogens with zero attached hydrogens (tertiary/aromatic N) is 1. The maximum atomic E-state index is 6.30. The van der Waals surface area contributed by atoms with E-state index in [4.69, 9.17) is 16.6 Å². The molecule has 114 valence electrons. The third-order valence-electron chi connectivity index (χ3n) is 4.32. The number of nitrogens with one attached hydrogen (secondary N) is 1. The summed E-state index contributed by atoms with van der Waals surface area (Å²) in [6.45, 7) is 7.41. The van der Waals surface area contributed by atoms with Crippen molar-refractivity contribution in [1.29, 1.82) is 0 Å². The fourth-order valence-electron chi connectivity index (χ4n) is 3.22. The molecule has 3 heteroatoms. The average Bonchev–Trinajstić information content (AvgIpc) is 2.70. The predicted octanol–water partition coefficient (Wildman–Crippen LogP) is 4.74. The highest BCUT2D eigenvalue weighted by Gasteiger charge is 2.14. The molecule has 0 spiro atoms. The first-order valence-electron chi connectivity index (χ1n) is 7.80. The van der Waals surface area contributed by atoms with Gasteiger partial charge in [-0.3, -0.25) is 0 Å². The fraction of sp³-hybridized carbons (Fsp3) is 0.316. The molecule has 1 aliphatic heterocycles. The highest BCUT2D eigenvalue weighted by atomic mass is 35.5. The van der Waals surface area contributed by atoms with Crippen molar-refractivity contribution in [2.45, 2.75) is 33.6 Å². The van der Waals surface area contributed by atoms with Gasteiger partial charge in [0.05, 0.1) is 5.69 Å². The van der Waals surface area contributed by atoms with Crippen LogP contribution in [-0.4, -0.2) is 12.4 Å². The first-order valence-corrected chi connectivity index (χ1v) is 8.18. The van der Waals surface area contributed by atoms with Gasteiger partial charge in [0.1, 0.15) is 5.84 Å². The molecule has 0 amide bonds. The van der Waals surface area contributed by atoms with Crippen LogP contribution in [0.15, 0.2) is 35.3 Å². The zero-order chi connectivity index (χ0) is 15.7. The summed E-state index contributed by atoms with van der Waals surface area (Å²) >= 11 is 6.30. The second-order valence-electron chi connectivity index (χ2n) is 5.82. The van der Waals surface area contributed by atoms with Crippen molar-refractivity contribution >= 4 is 23.1 Å². The summed E-state index contributed by atoms with van der Waals surface area (Å²) in [5.41, 5.74) is 7.35. The SMILES string of the molecule is CCc1c(C)cc(C2=Nc3cccc(Cl)c3CCN2)cc1C. The molecule has 0 unspecified atom stereocenters. The van der Waals surface area contributed by atoms with Crippen LogP contribution in [0.2, 0.25) is 5.02 Å². The maximum absolute atomic E-state index is 6.30. The summed E-state index contributed by atoms with van der Waals surface area (Å²) in [5, 5.41) is 4.26. The quantitative estimate of drug-likeness (QED) is 0.850. The highest BCUT2D eigenvalue weighted by molar-refractivity contribution is 6.31. The number of halogens is 1. The highest BCUT2D eigenvalue weighted by Crippen LogP contribution is 2.29. The Bertz CT molecular complexity index is 724. The molecule has 22 heavy (non-hydrogen) atoms. The van der Waals surface area contributed by atoms with E-state index in [0.717, 1.165) is 47.1 Å². The third kappa shape index (κ3) is 2.76. The van der Waals surface area contributed by atoms with Gasteiger partial charge < -0.3 is 5.32 Å². The topological polar surface area (TPSA) is 24.4 Å². The number of aryl methyl sites for hydroxylation is 2. The van der Waals surface area contributed by atoms with Crippen LogP contribution in [0.5, 0.6) is 0 Å². The van der Waals surface area contributed by atoms with Crippen molar-refractivity contribution < 1.29 is 0 Å². The molecule has 0 fully saturated rings. The van der Waals surface area contributed by atoms with Crippen LogP contribution in [0.25, 0.3) is 0 Å². The van der Waals surface area contributed by atoms with Crippen molar-refractivity contribution in [3.63, 3.8) is 0 Å². The number of fused-ring (bicyclic) bond motifs is 1. The van der Waals surface area contributed by atoms with Crippen LogP contribution in [0.4, 0.5) is 5.69 Å². The summed E-state index contributed by atoms with van der Waals surface area (Å²) in [4.78, 5) is 4.83. The molecule has 2 aromatic carbocycles. The van der Waals surface area contributed by atoms with Crippen LogP contribution >= 0.6 is 11.6 Å². The van der Waals surface area contributed by atoms with Gasteiger partial charge in [0.15, 0.2) is 0 Å². The standard InChI is InChI=1S/C19H21ClN2/c1-4-15-12(2)10-14(11-13(15)3)19-21-9-8-16-17(20)6-5-7-18(16)22-19/h5-7,10-11H,4,8-9H2,1-3H3,(H,21,22). The van der Waals surface area contributed by atoms with Crippen LogP contribution in [0.3, 0.4) is 0 Å². The van der Waals surface area contributed by atoms with Crippen LogP contribution in [-0.2, 0) is 12.8 Å². The molecule has 1 aliphatic rings. The van der Waals surface area contributed by atoms with Gasteiger partial charge in [-0.1, -0.05) is 24.6 Å². The van der Waals surface area contributed by atoms with Crippen LogP contribution in [0.1, 0.15) is 34.7 Å². The molecular formula is C19H21ClN2. The second kappa shape index (κ2) is 6.13. The third-order valence-corrected chi connectivity index (χ3v) is 4.67. The van der Waals surface area contributed by atoms with E-state index >= 15 is 0 Å². The zero-order valence-electron chi connectivity index (χ0n) is 13.3.